The lowest BCUT2D eigenvalue weighted by atomic mass is 9.93. The van der Waals surface area contributed by atoms with E-state index in [9.17, 15) is 4.79 Å². The Morgan fingerprint density at radius 2 is 1.89 bits per heavy atom. The van der Waals surface area contributed by atoms with Gasteiger partial charge in [-0.05, 0) is 0 Å². The molecule has 1 aliphatic rings. The molecule has 0 aromatic carbocycles. The van der Waals surface area contributed by atoms with Gasteiger partial charge in [0.2, 0.25) is 5.95 Å². The fraction of sp³-hybridized carbons (Fsp3) is 0.471. The number of hydrogen-bond acceptors (Lipinski definition) is 9. The quantitative estimate of drug-likeness (QED) is 0.658. The smallest absolute Gasteiger partial charge is 0.323 e. The number of rotatable bonds is 2. The van der Waals surface area contributed by atoms with Crippen LogP contribution in [0.1, 0.15) is 26.5 Å². The highest BCUT2D eigenvalue weighted by atomic mass is 32.1. The fourth-order valence-corrected chi connectivity index (χ4v) is 4.54. The van der Waals surface area contributed by atoms with Gasteiger partial charge in [-0.3, -0.25) is 5.32 Å². The third kappa shape index (κ3) is 3.72. The lowest BCUT2D eigenvalue weighted by Gasteiger charge is -2.35. The molecule has 0 aliphatic carbocycles. The van der Waals surface area contributed by atoms with E-state index >= 15 is 0 Å². The summed E-state index contributed by atoms with van der Waals surface area (Å²) in [5, 5.41) is 5.53. The first kappa shape index (κ1) is 18.8. The highest BCUT2D eigenvalue weighted by Crippen LogP contribution is 2.28. The lowest BCUT2D eigenvalue weighted by Crippen LogP contribution is -2.50. The first-order chi connectivity index (χ1) is 13.3. The molecule has 0 spiro atoms. The number of anilines is 3. The van der Waals surface area contributed by atoms with Crippen LogP contribution >= 0.6 is 22.7 Å². The van der Waals surface area contributed by atoms with Crippen molar-refractivity contribution < 1.29 is 4.79 Å². The number of nitrogens with two attached hydrogens (primary N) is 1. The van der Waals surface area contributed by atoms with Gasteiger partial charge in [0.25, 0.3) is 0 Å². The number of nitrogens with zero attached hydrogens (tertiary/aromatic N) is 6. The number of piperazine rings is 1. The molecule has 0 atom stereocenters. The second-order valence-electron chi connectivity index (χ2n) is 7.60. The van der Waals surface area contributed by atoms with E-state index in [1.54, 1.807) is 10.4 Å². The molecular formula is C17H22N8OS2. The number of carbonyl (C=O) groups excluding carboxylic acids is 1. The zero-order valence-corrected chi connectivity index (χ0v) is 17.6. The first-order valence-electron chi connectivity index (χ1n) is 8.95. The zero-order valence-electron chi connectivity index (χ0n) is 16.0. The minimum atomic E-state index is -0.129. The summed E-state index contributed by atoms with van der Waals surface area (Å²) in [6.07, 6.45) is 0. The largest absolute Gasteiger partial charge is 0.368 e. The Morgan fingerprint density at radius 1 is 1.14 bits per heavy atom. The number of nitrogen functional groups attached to an aromatic ring is 1. The molecule has 148 valence electrons. The van der Waals surface area contributed by atoms with Crippen molar-refractivity contribution in [1.29, 1.82) is 0 Å². The Kier molecular flexibility index (Phi) is 4.79. The summed E-state index contributed by atoms with van der Waals surface area (Å²) in [5.74, 6) is 0.976. The van der Waals surface area contributed by atoms with E-state index in [2.05, 4.69) is 50.9 Å². The van der Waals surface area contributed by atoms with Crippen LogP contribution in [-0.2, 0) is 5.41 Å². The van der Waals surface area contributed by atoms with E-state index in [0.29, 0.717) is 31.3 Å². The summed E-state index contributed by atoms with van der Waals surface area (Å²) in [6.45, 7) is 8.78. The number of carbonyl (C=O) groups is 1. The van der Waals surface area contributed by atoms with E-state index in [-0.39, 0.29) is 17.4 Å². The van der Waals surface area contributed by atoms with Crippen molar-refractivity contribution in [3.63, 3.8) is 0 Å². The molecule has 0 radical (unpaired) electrons. The Morgan fingerprint density at radius 3 is 2.57 bits per heavy atom. The zero-order chi connectivity index (χ0) is 19.9. The molecule has 4 rings (SSSR count). The van der Waals surface area contributed by atoms with Crippen LogP contribution in [0.15, 0.2) is 10.9 Å². The average molecular weight is 419 g/mol. The van der Waals surface area contributed by atoms with Crippen LogP contribution in [0, 0.1) is 0 Å². The van der Waals surface area contributed by atoms with Gasteiger partial charge in [-0.15, -0.1) is 22.7 Å². The van der Waals surface area contributed by atoms with Gasteiger partial charge in [0.05, 0.1) is 11.2 Å². The maximum atomic E-state index is 12.6. The monoisotopic (exact) mass is 418 g/mol. The SMILES string of the molecule is CC(C)(C)c1csc(NC(=O)N2CCN(c3nc(N)nc4scnc34)CC2)n1. The maximum absolute atomic E-state index is 12.6. The average Bonchev–Trinajstić information content (AvgIpc) is 3.30. The molecule has 0 unspecified atom stereocenters. The Labute approximate surface area is 170 Å². The van der Waals surface area contributed by atoms with Crippen LogP contribution in [0.4, 0.5) is 21.7 Å². The van der Waals surface area contributed by atoms with Crippen LogP contribution in [0.5, 0.6) is 0 Å². The Hall–Kier alpha value is -2.53. The molecule has 11 heteroatoms. The van der Waals surface area contributed by atoms with Crippen molar-refractivity contribution in [1.82, 2.24) is 24.8 Å². The molecule has 0 bridgehead atoms. The van der Waals surface area contributed by atoms with Crippen molar-refractivity contribution in [3.8, 4) is 0 Å². The summed E-state index contributed by atoms with van der Waals surface area (Å²) >= 11 is 2.89. The second kappa shape index (κ2) is 7.13. The normalized spacial score (nSPS) is 15.2. The van der Waals surface area contributed by atoms with Crippen molar-refractivity contribution in [2.45, 2.75) is 26.2 Å². The number of aromatic nitrogens is 4. The van der Waals surface area contributed by atoms with Crippen molar-refractivity contribution in [3.05, 3.63) is 16.6 Å². The van der Waals surface area contributed by atoms with Gasteiger partial charge in [0.15, 0.2) is 15.8 Å². The standard InChI is InChI=1S/C17H22N8OS2/c1-17(2,3)10-8-27-15(20-10)23-16(26)25-6-4-24(5-7-25)12-11-13(28-9-19-11)22-14(18)21-12/h8-9H,4-7H2,1-3H3,(H2,18,21,22)(H,20,23,26). The maximum Gasteiger partial charge on any atom is 0.323 e. The number of hydrogen-bond donors (Lipinski definition) is 2. The number of nitrogens with one attached hydrogen (secondary N) is 1. The summed E-state index contributed by atoms with van der Waals surface area (Å²) in [6, 6.07) is -0.129. The molecule has 0 saturated carbocycles. The van der Waals surface area contributed by atoms with E-state index < -0.39 is 0 Å². The predicted octanol–water partition coefficient (Wildman–Crippen LogP) is 2.78. The fourth-order valence-electron chi connectivity index (χ4n) is 2.95. The number of amides is 2. The van der Waals surface area contributed by atoms with Crippen molar-refractivity contribution in [2.75, 3.05) is 42.1 Å². The van der Waals surface area contributed by atoms with E-state index in [1.807, 2.05) is 5.38 Å². The van der Waals surface area contributed by atoms with Crippen LogP contribution in [0.25, 0.3) is 10.3 Å². The number of thiazole rings is 2. The number of fused-ring (bicyclic) bond motifs is 1. The highest BCUT2D eigenvalue weighted by molar-refractivity contribution is 7.16. The molecule has 9 nitrogen and oxygen atoms in total. The molecule has 3 N–H and O–H groups in total. The molecular weight excluding hydrogens is 396 g/mol. The van der Waals surface area contributed by atoms with Crippen molar-refractivity contribution >= 4 is 55.9 Å². The molecule has 1 fully saturated rings. The molecule has 28 heavy (non-hydrogen) atoms. The third-order valence-corrected chi connectivity index (χ3v) is 6.03. The minimum Gasteiger partial charge on any atom is -0.368 e. The summed E-state index contributed by atoms with van der Waals surface area (Å²) in [7, 11) is 0. The van der Waals surface area contributed by atoms with Crippen molar-refractivity contribution in [2.24, 2.45) is 0 Å². The molecule has 2 amide bonds. The van der Waals surface area contributed by atoms with Gasteiger partial charge < -0.3 is 15.5 Å². The summed E-state index contributed by atoms with van der Waals surface area (Å²) < 4.78 is 0. The summed E-state index contributed by atoms with van der Waals surface area (Å²) in [5.41, 5.74) is 9.28. The second-order valence-corrected chi connectivity index (χ2v) is 9.30. The first-order valence-corrected chi connectivity index (χ1v) is 10.7. The van der Waals surface area contributed by atoms with Gasteiger partial charge in [-0.25, -0.2) is 19.7 Å². The van der Waals surface area contributed by atoms with E-state index in [1.165, 1.54) is 22.7 Å². The topological polar surface area (TPSA) is 113 Å². The van der Waals surface area contributed by atoms with Gasteiger partial charge in [-0.2, -0.15) is 4.98 Å². The molecule has 1 aliphatic heterocycles. The van der Waals surface area contributed by atoms with Crippen LogP contribution in [0.2, 0.25) is 0 Å². The highest BCUT2D eigenvalue weighted by Gasteiger charge is 2.25. The van der Waals surface area contributed by atoms with Gasteiger partial charge in [0.1, 0.15) is 5.52 Å². The van der Waals surface area contributed by atoms with Crippen LogP contribution in [0.3, 0.4) is 0 Å². The minimum absolute atomic E-state index is 0.0362. The molecule has 3 aromatic heterocycles. The van der Waals surface area contributed by atoms with Gasteiger partial charge in [0, 0.05) is 37.0 Å². The lowest BCUT2D eigenvalue weighted by molar-refractivity contribution is 0.208. The molecule has 4 heterocycles. The predicted molar refractivity (Wildman–Crippen MR) is 113 cm³/mol. The number of urea groups is 1. The molecule has 3 aromatic rings. The van der Waals surface area contributed by atoms with Crippen LogP contribution in [-0.4, -0.2) is 57.0 Å². The van der Waals surface area contributed by atoms with Crippen LogP contribution < -0.4 is 16.0 Å². The molecule has 1 saturated heterocycles. The van der Waals surface area contributed by atoms with Gasteiger partial charge in [-0.1, -0.05) is 20.8 Å². The van der Waals surface area contributed by atoms with E-state index in [4.69, 9.17) is 5.73 Å². The summed E-state index contributed by atoms with van der Waals surface area (Å²) in [4.78, 5) is 34.7. The van der Waals surface area contributed by atoms with Gasteiger partial charge >= 0.3 is 6.03 Å². The third-order valence-electron chi connectivity index (χ3n) is 4.55. The Balaban J connectivity index is 1.40. The van der Waals surface area contributed by atoms with E-state index in [0.717, 1.165) is 21.9 Å². The Bertz CT molecular complexity index is 1000.